The third-order valence-corrected chi connectivity index (χ3v) is 7.37. The average Bonchev–Trinajstić information content (AvgIpc) is 3.04. The van der Waals surface area contributed by atoms with Crippen LogP contribution in [0, 0.1) is 5.92 Å². The number of ether oxygens (including phenoxy) is 1. The predicted molar refractivity (Wildman–Crippen MR) is 119 cm³/mol. The minimum atomic E-state index is -3.67. The number of unbranched alkanes of at least 4 members (excludes halogenated alkanes) is 9. The number of phosphoric acid groups is 1. The molecule has 0 bridgehead atoms. The molecule has 0 spiro atoms. The second-order valence-electron chi connectivity index (χ2n) is 8.70. The Kier molecular flexibility index (Phi) is 12.2. The van der Waals surface area contributed by atoms with Gasteiger partial charge in [-0.3, -0.25) is 9.05 Å². The number of fused-ring (bicyclic) bond motifs is 1. The molecule has 0 radical (unpaired) electrons. The third kappa shape index (κ3) is 9.65. The first-order valence-electron chi connectivity index (χ1n) is 12.1. The van der Waals surface area contributed by atoms with Gasteiger partial charge in [-0.15, -0.1) is 0 Å². The van der Waals surface area contributed by atoms with Gasteiger partial charge in [0, 0.05) is 0 Å². The molecular weight excluding hydrogens is 419 g/mol. The Balaban J connectivity index is 1.44. The van der Waals surface area contributed by atoms with E-state index in [0.29, 0.717) is 12.2 Å². The highest BCUT2D eigenvalue weighted by molar-refractivity contribution is 7.48. The van der Waals surface area contributed by atoms with Crippen LogP contribution in [0.5, 0.6) is 0 Å². The number of phosphoric ester groups is 1. The lowest BCUT2D eigenvalue weighted by molar-refractivity contribution is -0.135. The summed E-state index contributed by atoms with van der Waals surface area (Å²) in [4.78, 5) is 11.7. The molecule has 2 aliphatic heterocycles. The van der Waals surface area contributed by atoms with Crippen LogP contribution in [0.1, 0.15) is 97.3 Å². The van der Waals surface area contributed by atoms with Gasteiger partial charge in [-0.25, -0.2) is 9.36 Å². The SMILES string of the molecule is CCCC(O)CCCCCCCCCCCCO[P@]1(=O)OC[C@H]2COC(=O)C2=C(C)O1. The van der Waals surface area contributed by atoms with E-state index < -0.39 is 13.8 Å². The van der Waals surface area contributed by atoms with Crippen LogP contribution >= 0.6 is 7.82 Å². The number of esters is 1. The minimum Gasteiger partial charge on any atom is -0.461 e. The molecule has 8 heteroatoms. The fourth-order valence-corrected chi connectivity index (χ4v) is 5.43. The number of aliphatic hydroxyl groups excluding tert-OH is 1. The summed E-state index contributed by atoms with van der Waals surface area (Å²) in [7, 11) is -3.67. The van der Waals surface area contributed by atoms with Crippen LogP contribution in [0.4, 0.5) is 0 Å². The van der Waals surface area contributed by atoms with Gasteiger partial charge in [0.15, 0.2) is 0 Å². The summed E-state index contributed by atoms with van der Waals surface area (Å²) < 4.78 is 33.9. The second-order valence-corrected chi connectivity index (χ2v) is 10.3. The summed E-state index contributed by atoms with van der Waals surface area (Å²) in [5.41, 5.74) is 0.412. The Bertz CT molecular complexity index is 619. The lowest BCUT2D eigenvalue weighted by Gasteiger charge is -2.17. The first kappa shape index (κ1) is 26.4. The number of hydrogen-bond donors (Lipinski definition) is 1. The smallest absolute Gasteiger partial charge is 0.461 e. The van der Waals surface area contributed by atoms with Gasteiger partial charge in [-0.2, -0.15) is 0 Å². The predicted octanol–water partition coefficient (Wildman–Crippen LogP) is 6.06. The van der Waals surface area contributed by atoms with Gasteiger partial charge in [0.1, 0.15) is 12.4 Å². The molecule has 180 valence electrons. The normalized spacial score (nSPS) is 24.5. The van der Waals surface area contributed by atoms with E-state index in [2.05, 4.69) is 6.92 Å². The van der Waals surface area contributed by atoms with E-state index in [4.69, 9.17) is 18.3 Å². The molecule has 3 atom stereocenters. The zero-order valence-corrected chi connectivity index (χ0v) is 20.2. The molecule has 2 aliphatic rings. The minimum absolute atomic E-state index is 0.104. The molecule has 2 rings (SSSR count). The number of rotatable bonds is 16. The van der Waals surface area contributed by atoms with E-state index in [0.717, 1.165) is 44.9 Å². The van der Waals surface area contributed by atoms with Crippen molar-refractivity contribution in [2.45, 2.75) is 103 Å². The Labute approximate surface area is 187 Å². The zero-order chi connectivity index (χ0) is 22.5. The van der Waals surface area contributed by atoms with Gasteiger partial charge in [0.05, 0.1) is 30.8 Å². The van der Waals surface area contributed by atoms with Crippen molar-refractivity contribution in [3.8, 4) is 0 Å². The molecule has 0 aliphatic carbocycles. The van der Waals surface area contributed by atoms with Crippen molar-refractivity contribution in [3.05, 3.63) is 11.3 Å². The molecule has 31 heavy (non-hydrogen) atoms. The molecule has 1 saturated heterocycles. The molecule has 1 fully saturated rings. The van der Waals surface area contributed by atoms with Gasteiger partial charge in [0.2, 0.25) is 0 Å². The molecule has 1 N–H and O–H groups in total. The van der Waals surface area contributed by atoms with Crippen LogP contribution in [0.2, 0.25) is 0 Å². The van der Waals surface area contributed by atoms with E-state index in [1.807, 2.05) is 0 Å². The van der Waals surface area contributed by atoms with Gasteiger partial charge in [-0.1, -0.05) is 71.1 Å². The fraction of sp³-hybridized carbons (Fsp3) is 0.870. The van der Waals surface area contributed by atoms with Gasteiger partial charge < -0.3 is 14.4 Å². The number of carbonyl (C=O) groups is 1. The molecule has 7 nitrogen and oxygen atoms in total. The number of aliphatic hydroxyl groups is 1. The molecule has 0 aromatic carbocycles. The van der Waals surface area contributed by atoms with Crippen molar-refractivity contribution in [1.82, 2.24) is 0 Å². The quantitative estimate of drug-likeness (QED) is 0.170. The highest BCUT2D eigenvalue weighted by Gasteiger charge is 2.42. The maximum atomic E-state index is 12.7. The number of carbonyl (C=O) groups excluding carboxylic acids is 1. The highest BCUT2D eigenvalue weighted by Crippen LogP contribution is 2.54. The van der Waals surface area contributed by atoms with E-state index in [1.54, 1.807) is 6.92 Å². The van der Waals surface area contributed by atoms with Gasteiger partial charge in [0.25, 0.3) is 0 Å². The van der Waals surface area contributed by atoms with E-state index >= 15 is 0 Å². The molecule has 2 heterocycles. The van der Waals surface area contributed by atoms with Crippen molar-refractivity contribution in [3.63, 3.8) is 0 Å². The van der Waals surface area contributed by atoms with Gasteiger partial charge in [-0.05, 0) is 26.2 Å². The lowest BCUT2D eigenvalue weighted by Crippen LogP contribution is -2.10. The van der Waals surface area contributed by atoms with E-state index in [9.17, 15) is 14.5 Å². The highest BCUT2D eigenvalue weighted by atomic mass is 31.2. The first-order valence-corrected chi connectivity index (χ1v) is 13.6. The summed E-state index contributed by atoms with van der Waals surface area (Å²) >= 11 is 0. The Hall–Kier alpha value is -0.880. The maximum Gasteiger partial charge on any atom is 0.529 e. The summed E-state index contributed by atoms with van der Waals surface area (Å²) in [5, 5.41) is 9.71. The van der Waals surface area contributed by atoms with Crippen molar-refractivity contribution in [2.24, 2.45) is 5.92 Å². The number of hydrogen-bond acceptors (Lipinski definition) is 7. The molecule has 0 aromatic heterocycles. The van der Waals surface area contributed by atoms with Crippen LogP contribution in [-0.4, -0.2) is 37.0 Å². The molecule has 0 aromatic rings. The number of cyclic esters (lactones) is 1. The standard InChI is InChI=1S/C23H41O7P/c1-3-14-21(24)15-12-10-8-6-4-5-7-9-11-13-16-28-31(26)29-18-20-17-27-23(25)22(20)19(2)30-31/h20-21,24H,3-18H2,1-2H3/t20-,21?,31-/m1/s1. The average molecular weight is 461 g/mol. The third-order valence-electron chi connectivity index (χ3n) is 5.91. The topological polar surface area (TPSA) is 91.3 Å². The van der Waals surface area contributed by atoms with Crippen molar-refractivity contribution < 1.29 is 32.8 Å². The summed E-state index contributed by atoms with van der Waals surface area (Å²) in [5.74, 6) is -0.379. The van der Waals surface area contributed by atoms with Crippen LogP contribution in [0.25, 0.3) is 0 Å². The van der Waals surface area contributed by atoms with E-state index in [1.165, 1.54) is 38.5 Å². The second kappa shape index (κ2) is 14.3. The molecule has 0 amide bonds. The van der Waals surface area contributed by atoms with Crippen molar-refractivity contribution >= 4 is 13.8 Å². The maximum absolute atomic E-state index is 12.7. The lowest BCUT2D eigenvalue weighted by atomic mass is 10.0. The Morgan fingerprint density at radius 3 is 2.26 bits per heavy atom. The Morgan fingerprint density at radius 1 is 1.00 bits per heavy atom. The van der Waals surface area contributed by atoms with Crippen LogP contribution < -0.4 is 0 Å². The molecule has 1 unspecified atom stereocenters. The monoisotopic (exact) mass is 460 g/mol. The van der Waals surface area contributed by atoms with Crippen LogP contribution in [0.15, 0.2) is 11.3 Å². The van der Waals surface area contributed by atoms with Crippen LogP contribution in [0.3, 0.4) is 0 Å². The summed E-state index contributed by atoms with van der Waals surface area (Å²) in [6, 6.07) is 0. The van der Waals surface area contributed by atoms with Crippen LogP contribution in [-0.2, 0) is 27.7 Å². The summed E-state index contributed by atoms with van der Waals surface area (Å²) in [6.07, 6.45) is 14.4. The number of allylic oxidation sites excluding steroid dienone is 1. The van der Waals surface area contributed by atoms with Gasteiger partial charge >= 0.3 is 13.8 Å². The first-order chi connectivity index (χ1) is 14.9. The molecule has 0 saturated carbocycles. The van der Waals surface area contributed by atoms with E-state index in [-0.39, 0.29) is 31.0 Å². The van der Waals surface area contributed by atoms with Crippen molar-refractivity contribution in [1.29, 1.82) is 0 Å². The van der Waals surface area contributed by atoms with Crippen molar-refractivity contribution in [2.75, 3.05) is 19.8 Å². The largest absolute Gasteiger partial charge is 0.529 e. The summed E-state index contributed by atoms with van der Waals surface area (Å²) in [6.45, 7) is 4.38. The Morgan fingerprint density at radius 2 is 1.61 bits per heavy atom. The fourth-order valence-electron chi connectivity index (χ4n) is 4.10. The molecular formula is C23H41O7P. The zero-order valence-electron chi connectivity index (χ0n) is 19.3.